The van der Waals surface area contributed by atoms with E-state index >= 15 is 0 Å². The Bertz CT molecular complexity index is 611. The fourth-order valence-corrected chi connectivity index (χ4v) is 2.64. The number of aromatic nitrogens is 2. The molecule has 6 heteroatoms. The Morgan fingerprint density at radius 2 is 2.05 bits per heavy atom. The number of alkyl halides is 1. The number of ether oxygens (including phenoxy) is 1. The van der Waals surface area contributed by atoms with E-state index in [0.29, 0.717) is 28.3 Å². The van der Waals surface area contributed by atoms with Crippen LogP contribution in [0.3, 0.4) is 0 Å². The lowest BCUT2D eigenvalue weighted by atomic mass is 10.2. The Labute approximate surface area is 133 Å². The fourth-order valence-electron chi connectivity index (χ4n) is 1.87. The molecule has 0 aliphatic heterocycles. The van der Waals surface area contributed by atoms with Gasteiger partial charge in [0.05, 0.1) is 21.4 Å². The van der Waals surface area contributed by atoms with E-state index in [4.69, 9.17) is 39.5 Å². The number of hydrogen-bond acceptors (Lipinski definition) is 2. The molecule has 0 radical (unpaired) electrons. The first-order chi connectivity index (χ1) is 9.56. The molecule has 3 nitrogen and oxygen atoms in total. The van der Waals surface area contributed by atoms with Crippen molar-refractivity contribution in [3.63, 3.8) is 0 Å². The number of halogens is 3. The third-order valence-corrected chi connectivity index (χ3v) is 4.06. The van der Waals surface area contributed by atoms with Crippen molar-refractivity contribution in [1.82, 2.24) is 9.78 Å². The van der Waals surface area contributed by atoms with Crippen molar-refractivity contribution in [2.75, 3.05) is 0 Å². The van der Waals surface area contributed by atoms with Crippen molar-refractivity contribution in [2.45, 2.75) is 25.8 Å². The fraction of sp³-hybridized carbons (Fsp3) is 0.357. The van der Waals surface area contributed by atoms with Crippen LogP contribution in [0.25, 0.3) is 0 Å². The van der Waals surface area contributed by atoms with Crippen molar-refractivity contribution in [3.8, 4) is 5.75 Å². The highest BCUT2D eigenvalue weighted by Crippen LogP contribution is 2.28. The van der Waals surface area contributed by atoms with Gasteiger partial charge in [0, 0.05) is 12.9 Å². The summed E-state index contributed by atoms with van der Waals surface area (Å²) in [7, 11) is 1.85. The molecule has 0 unspecified atom stereocenters. The van der Waals surface area contributed by atoms with E-state index in [0.717, 1.165) is 23.4 Å². The van der Waals surface area contributed by atoms with Crippen LogP contribution in [0.15, 0.2) is 18.2 Å². The van der Waals surface area contributed by atoms with Crippen LogP contribution in [-0.4, -0.2) is 9.78 Å². The van der Waals surface area contributed by atoms with Gasteiger partial charge < -0.3 is 4.74 Å². The molecule has 1 aromatic carbocycles. The van der Waals surface area contributed by atoms with Crippen molar-refractivity contribution in [2.24, 2.45) is 7.05 Å². The van der Waals surface area contributed by atoms with Gasteiger partial charge in [0.25, 0.3) is 0 Å². The lowest BCUT2D eigenvalue weighted by molar-refractivity contribution is 0.295. The first kappa shape index (κ1) is 15.5. The summed E-state index contributed by atoms with van der Waals surface area (Å²) in [4.78, 5) is 0. The first-order valence-corrected chi connectivity index (χ1v) is 7.53. The van der Waals surface area contributed by atoms with Gasteiger partial charge in [-0.3, -0.25) is 4.68 Å². The molecule has 2 aromatic rings. The zero-order valence-electron chi connectivity index (χ0n) is 11.3. The Hall–Kier alpha value is -0.900. The predicted octanol–water partition coefficient (Wildman–Crippen LogP) is 4.61. The molecule has 0 amide bonds. The Balaban J connectivity index is 2.15. The number of rotatable bonds is 5. The van der Waals surface area contributed by atoms with Gasteiger partial charge in [-0.05, 0) is 24.1 Å². The molecule has 20 heavy (non-hydrogen) atoms. The minimum absolute atomic E-state index is 0.322. The van der Waals surface area contributed by atoms with E-state index in [1.54, 1.807) is 10.7 Å². The highest BCUT2D eigenvalue weighted by molar-refractivity contribution is 6.32. The Kier molecular flexibility index (Phi) is 5.19. The molecule has 0 bridgehead atoms. The number of aryl methyl sites for hydroxylation is 2. The van der Waals surface area contributed by atoms with E-state index in [-0.39, 0.29) is 0 Å². The molecule has 0 spiro atoms. The molecule has 0 saturated carbocycles. The maximum absolute atomic E-state index is 6.27. The van der Waals surface area contributed by atoms with Gasteiger partial charge in [0.15, 0.2) is 0 Å². The molecule has 0 aliphatic rings. The average Bonchev–Trinajstić information content (AvgIpc) is 2.72. The highest BCUT2D eigenvalue weighted by Gasteiger charge is 2.14. The van der Waals surface area contributed by atoms with Crippen LogP contribution < -0.4 is 4.74 Å². The molecule has 108 valence electrons. The summed E-state index contributed by atoms with van der Waals surface area (Å²) in [6, 6.07) is 5.49. The topological polar surface area (TPSA) is 27.1 Å². The molecule has 1 heterocycles. The minimum Gasteiger partial charge on any atom is -0.486 e. The van der Waals surface area contributed by atoms with Gasteiger partial charge in [-0.15, -0.1) is 11.6 Å². The Morgan fingerprint density at radius 3 is 2.60 bits per heavy atom. The largest absolute Gasteiger partial charge is 0.486 e. The molecule has 0 fully saturated rings. The van der Waals surface area contributed by atoms with Gasteiger partial charge in [-0.1, -0.05) is 36.2 Å². The van der Waals surface area contributed by atoms with E-state index in [9.17, 15) is 0 Å². The third kappa shape index (κ3) is 3.22. The zero-order chi connectivity index (χ0) is 14.7. The van der Waals surface area contributed by atoms with Gasteiger partial charge in [0.2, 0.25) is 0 Å². The zero-order valence-corrected chi connectivity index (χ0v) is 13.6. The maximum atomic E-state index is 6.27. The molecule has 0 N–H and O–H groups in total. The van der Waals surface area contributed by atoms with E-state index in [1.165, 1.54) is 0 Å². The summed E-state index contributed by atoms with van der Waals surface area (Å²) in [5.74, 6) is 1.03. The minimum atomic E-state index is 0.322. The van der Waals surface area contributed by atoms with Crippen molar-refractivity contribution < 1.29 is 4.74 Å². The average molecular weight is 334 g/mol. The van der Waals surface area contributed by atoms with Crippen LogP contribution >= 0.6 is 34.8 Å². The second-order valence-electron chi connectivity index (χ2n) is 4.37. The summed E-state index contributed by atoms with van der Waals surface area (Å²) < 4.78 is 7.46. The maximum Gasteiger partial charge on any atom is 0.138 e. The van der Waals surface area contributed by atoms with Gasteiger partial charge in [0.1, 0.15) is 12.4 Å². The van der Waals surface area contributed by atoms with Gasteiger partial charge >= 0.3 is 0 Å². The van der Waals surface area contributed by atoms with Crippen LogP contribution in [0.1, 0.15) is 23.9 Å². The van der Waals surface area contributed by atoms with Crippen LogP contribution in [-0.2, 0) is 26.0 Å². The summed E-state index contributed by atoms with van der Waals surface area (Å²) in [6.07, 6.45) is 0.790. The molecule has 0 aliphatic carbocycles. The second-order valence-corrected chi connectivity index (χ2v) is 5.42. The summed E-state index contributed by atoms with van der Waals surface area (Å²) >= 11 is 18.2. The van der Waals surface area contributed by atoms with Crippen molar-refractivity contribution in [1.29, 1.82) is 0 Å². The van der Waals surface area contributed by atoms with Gasteiger partial charge in [-0.2, -0.15) is 5.10 Å². The molecular weight excluding hydrogens is 319 g/mol. The standard InChI is InChI=1S/C14H15Cl3N2O/c1-3-11-14(17)12(19(2)18-11)8-20-13-5-4-9(7-15)6-10(13)16/h4-6H,3,7-8H2,1-2H3. The summed E-state index contributed by atoms with van der Waals surface area (Å²) in [5, 5.41) is 5.54. The smallest absolute Gasteiger partial charge is 0.138 e. The number of hydrogen-bond donors (Lipinski definition) is 0. The van der Waals surface area contributed by atoms with E-state index < -0.39 is 0 Å². The second kappa shape index (κ2) is 6.70. The van der Waals surface area contributed by atoms with Crippen LogP contribution in [0, 0.1) is 0 Å². The molecular formula is C14H15Cl3N2O. The highest BCUT2D eigenvalue weighted by atomic mass is 35.5. The normalized spacial score (nSPS) is 10.8. The van der Waals surface area contributed by atoms with Crippen LogP contribution in [0.4, 0.5) is 0 Å². The lowest BCUT2D eigenvalue weighted by Crippen LogP contribution is -2.04. The lowest BCUT2D eigenvalue weighted by Gasteiger charge is -2.09. The monoisotopic (exact) mass is 332 g/mol. The molecule has 0 saturated heterocycles. The number of nitrogens with zero attached hydrogens (tertiary/aromatic N) is 2. The molecule has 2 rings (SSSR count). The van der Waals surface area contributed by atoms with Crippen molar-refractivity contribution in [3.05, 3.63) is 45.2 Å². The summed E-state index contributed by atoms with van der Waals surface area (Å²) in [6.45, 7) is 2.34. The molecule has 1 aromatic heterocycles. The number of benzene rings is 1. The molecule has 0 atom stereocenters. The summed E-state index contributed by atoms with van der Waals surface area (Å²) in [5.41, 5.74) is 2.66. The van der Waals surface area contributed by atoms with Crippen LogP contribution in [0.2, 0.25) is 10.0 Å². The van der Waals surface area contributed by atoms with Gasteiger partial charge in [-0.25, -0.2) is 0 Å². The third-order valence-electron chi connectivity index (χ3n) is 3.02. The SMILES string of the molecule is CCc1nn(C)c(COc2ccc(CCl)cc2Cl)c1Cl. The van der Waals surface area contributed by atoms with Crippen molar-refractivity contribution >= 4 is 34.8 Å². The van der Waals surface area contributed by atoms with E-state index in [2.05, 4.69) is 5.10 Å². The van der Waals surface area contributed by atoms with E-state index in [1.807, 2.05) is 26.1 Å². The quantitative estimate of drug-likeness (QED) is 0.747. The Morgan fingerprint density at radius 1 is 1.30 bits per heavy atom. The predicted molar refractivity (Wildman–Crippen MR) is 82.9 cm³/mol. The first-order valence-electron chi connectivity index (χ1n) is 6.24. The van der Waals surface area contributed by atoms with Crippen LogP contribution in [0.5, 0.6) is 5.75 Å².